The van der Waals surface area contributed by atoms with Crippen LogP contribution in [0.15, 0.2) is 17.1 Å². The molecule has 0 aliphatic carbocycles. The SMILES string of the molecule is CN(C)c1cnn(CC2CNC2)c(=O)c1. The van der Waals surface area contributed by atoms with Gasteiger partial charge in [-0.3, -0.25) is 4.79 Å². The molecule has 1 aromatic heterocycles. The van der Waals surface area contributed by atoms with Crippen LogP contribution in [0.2, 0.25) is 0 Å². The first-order chi connectivity index (χ1) is 7.16. The molecule has 0 bridgehead atoms. The summed E-state index contributed by atoms with van der Waals surface area (Å²) in [6.07, 6.45) is 1.73. The second kappa shape index (κ2) is 4.02. The van der Waals surface area contributed by atoms with Crippen LogP contribution in [0.4, 0.5) is 5.69 Å². The number of nitrogens with one attached hydrogen (secondary N) is 1. The molecule has 0 atom stereocenters. The summed E-state index contributed by atoms with van der Waals surface area (Å²) in [6.45, 7) is 2.70. The molecule has 82 valence electrons. The van der Waals surface area contributed by atoms with E-state index in [-0.39, 0.29) is 5.56 Å². The minimum Gasteiger partial charge on any atom is -0.376 e. The Labute approximate surface area is 88.7 Å². The van der Waals surface area contributed by atoms with Crippen molar-refractivity contribution in [2.45, 2.75) is 6.54 Å². The molecule has 1 aliphatic heterocycles. The fourth-order valence-electron chi connectivity index (χ4n) is 1.53. The Kier molecular flexibility index (Phi) is 2.73. The summed E-state index contributed by atoms with van der Waals surface area (Å²) in [5, 5.41) is 7.34. The van der Waals surface area contributed by atoms with Crippen LogP contribution < -0.4 is 15.8 Å². The molecule has 1 saturated heterocycles. The summed E-state index contributed by atoms with van der Waals surface area (Å²) in [5.41, 5.74) is 0.830. The van der Waals surface area contributed by atoms with Crippen molar-refractivity contribution in [3.63, 3.8) is 0 Å². The van der Waals surface area contributed by atoms with E-state index in [4.69, 9.17) is 0 Å². The maximum absolute atomic E-state index is 11.7. The summed E-state index contributed by atoms with van der Waals surface area (Å²) in [5.74, 6) is 0.556. The molecule has 15 heavy (non-hydrogen) atoms. The van der Waals surface area contributed by atoms with Crippen LogP contribution >= 0.6 is 0 Å². The number of nitrogens with zero attached hydrogens (tertiary/aromatic N) is 3. The second-order valence-electron chi connectivity index (χ2n) is 4.15. The Morgan fingerprint density at radius 3 is 2.80 bits per heavy atom. The van der Waals surface area contributed by atoms with E-state index in [2.05, 4.69) is 10.4 Å². The maximum atomic E-state index is 11.7. The zero-order chi connectivity index (χ0) is 10.8. The van der Waals surface area contributed by atoms with E-state index < -0.39 is 0 Å². The summed E-state index contributed by atoms with van der Waals surface area (Å²) in [7, 11) is 3.80. The van der Waals surface area contributed by atoms with Crippen molar-refractivity contribution in [3.8, 4) is 0 Å². The van der Waals surface area contributed by atoms with Crippen LogP contribution in [-0.4, -0.2) is 37.0 Å². The van der Waals surface area contributed by atoms with Gasteiger partial charge in [0.05, 0.1) is 18.4 Å². The van der Waals surface area contributed by atoms with Gasteiger partial charge in [-0.25, -0.2) is 4.68 Å². The largest absolute Gasteiger partial charge is 0.376 e. The van der Waals surface area contributed by atoms with Crippen molar-refractivity contribution in [1.29, 1.82) is 0 Å². The van der Waals surface area contributed by atoms with Crippen LogP contribution in [0.5, 0.6) is 0 Å². The zero-order valence-electron chi connectivity index (χ0n) is 9.10. The number of anilines is 1. The van der Waals surface area contributed by atoms with Crippen LogP contribution in [-0.2, 0) is 6.54 Å². The van der Waals surface area contributed by atoms with Gasteiger partial charge in [0.25, 0.3) is 5.56 Å². The molecule has 0 spiro atoms. The summed E-state index contributed by atoms with van der Waals surface area (Å²) < 4.78 is 1.54. The predicted molar refractivity (Wildman–Crippen MR) is 59.2 cm³/mol. The fourth-order valence-corrected chi connectivity index (χ4v) is 1.53. The number of hydrogen-bond donors (Lipinski definition) is 1. The Morgan fingerprint density at radius 2 is 2.33 bits per heavy atom. The molecule has 1 aromatic rings. The molecular weight excluding hydrogens is 192 g/mol. The lowest BCUT2D eigenvalue weighted by Gasteiger charge is -2.27. The van der Waals surface area contributed by atoms with Crippen molar-refractivity contribution in [3.05, 3.63) is 22.6 Å². The maximum Gasteiger partial charge on any atom is 0.268 e. The molecule has 1 aliphatic rings. The highest BCUT2D eigenvalue weighted by Gasteiger charge is 2.18. The highest BCUT2D eigenvalue weighted by atomic mass is 16.1. The van der Waals surface area contributed by atoms with E-state index in [1.165, 1.54) is 0 Å². The van der Waals surface area contributed by atoms with Gasteiger partial charge < -0.3 is 10.2 Å². The lowest BCUT2D eigenvalue weighted by molar-refractivity contribution is 0.290. The van der Waals surface area contributed by atoms with Crippen molar-refractivity contribution in [2.75, 3.05) is 32.1 Å². The monoisotopic (exact) mass is 208 g/mol. The quantitative estimate of drug-likeness (QED) is 0.729. The summed E-state index contributed by atoms with van der Waals surface area (Å²) in [6, 6.07) is 1.62. The lowest BCUT2D eigenvalue weighted by Crippen LogP contribution is -2.45. The minimum atomic E-state index is -0.0203. The molecule has 5 heteroatoms. The van der Waals surface area contributed by atoms with Gasteiger partial charge in [-0.2, -0.15) is 5.10 Å². The van der Waals surface area contributed by atoms with E-state index in [9.17, 15) is 4.79 Å². The van der Waals surface area contributed by atoms with E-state index >= 15 is 0 Å². The first kappa shape index (κ1) is 10.2. The minimum absolute atomic E-state index is 0.0203. The van der Waals surface area contributed by atoms with Gasteiger partial charge >= 0.3 is 0 Å². The standard InChI is InChI=1S/C10H16N4O/c1-13(2)9-3-10(15)14(12-6-9)7-8-4-11-5-8/h3,6,8,11H,4-5,7H2,1-2H3. The Morgan fingerprint density at radius 1 is 1.60 bits per heavy atom. The molecule has 0 radical (unpaired) electrons. The molecule has 1 fully saturated rings. The number of aromatic nitrogens is 2. The van der Waals surface area contributed by atoms with Gasteiger partial charge in [-0.05, 0) is 0 Å². The highest BCUT2D eigenvalue weighted by Crippen LogP contribution is 2.06. The third-order valence-corrected chi connectivity index (χ3v) is 2.67. The summed E-state index contributed by atoms with van der Waals surface area (Å²) in [4.78, 5) is 13.6. The number of hydrogen-bond acceptors (Lipinski definition) is 4. The van der Waals surface area contributed by atoms with E-state index in [0.717, 1.165) is 25.3 Å². The Bertz CT molecular complexity index is 395. The predicted octanol–water partition coefficient (Wildman–Crippen LogP) is -0.471. The van der Waals surface area contributed by atoms with Crippen LogP contribution in [0, 0.1) is 5.92 Å². The average molecular weight is 208 g/mol. The van der Waals surface area contributed by atoms with E-state index in [1.807, 2.05) is 19.0 Å². The Hall–Kier alpha value is -1.36. The molecular formula is C10H16N4O. The van der Waals surface area contributed by atoms with Gasteiger partial charge in [-0.1, -0.05) is 0 Å². The van der Waals surface area contributed by atoms with Gasteiger partial charge in [0.15, 0.2) is 0 Å². The fraction of sp³-hybridized carbons (Fsp3) is 0.600. The zero-order valence-corrected chi connectivity index (χ0v) is 9.10. The molecule has 1 N–H and O–H groups in total. The van der Waals surface area contributed by atoms with E-state index in [1.54, 1.807) is 16.9 Å². The van der Waals surface area contributed by atoms with Gasteiger partial charge in [0, 0.05) is 39.2 Å². The van der Waals surface area contributed by atoms with Crippen molar-refractivity contribution >= 4 is 5.69 Å². The third-order valence-electron chi connectivity index (χ3n) is 2.67. The summed E-state index contributed by atoms with van der Waals surface area (Å²) >= 11 is 0. The first-order valence-electron chi connectivity index (χ1n) is 5.12. The van der Waals surface area contributed by atoms with Crippen molar-refractivity contribution in [2.24, 2.45) is 5.92 Å². The normalized spacial score (nSPS) is 16.1. The van der Waals surface area contributed by atoms with Crippen molar-refractivity contribution < 1.29 is 0 Å². The van der Waals surface area contributed by atoms with Crippen LogP contribution in [0.3, 0.4) is 0 Å². The number of rotatable bonds is 3. The lowest BCUT2D eigenvalue weighted by atomic mass is 10.0. The molecule has 0 saturated carbocycles. The van der Waals surface area contributed by atoms with Gasteiger partial charge in [0.2, 0.25) is 0 Å². The van der Waals surface area contributed by atoms with Gasteiger partial charge in [0.1, 0.15) is 0 Å². The molecule has 0 amide bonds. The first-order valence-corrected chi connectivity index (χ1v) is 5.12. The van der Waals surface area contributed by atoms with Crippen LogP contribution in [0.1, 0.15) is 0 Å². The second-order valence-corrected chi connectivity index (χ2v) is 4.15. The van der Waals surface area contributed by atoms with E-state index in [0.29, 0.717) is 5.92 Å². The molecule has 2 heterocycles. The highest BCUT2D eigenvalue weighted by molar-refractivity contribution is 5.40. The van der Waals surface area contributed by atoms with Gasteiger partial charge in [-0.15, -0.1) is 0 Å². The molecule has 0 aromatic carbocycles. The smallest absolute Gasteiger partial charge is 0.268 e. The molecule has 0 unspecified atom stereocenters. The average Bonchev–Trinajstić information content (AvgIpc) is 2.12. The van der Waals surface area contributed by atoms with Crippen molar-refractivity contribution in [1.82, 2.24) is 15.1 Å². The Balaban J connectivity index is 2.15. The van der Waals surface area contributed by atoms with Crippen LogP contribution in [0.25, 0.3) is 0 Å². The molecule has 2 rings (SSSR count). The molecule has 5 nitrogen and oxygen atoms in total. The topological polar surface area (TPSA) is 50.2 Å². The third kappa shape index (κ3) is 2.18.